The lowest BCUT2D eigenvalue weighted by Gasteiger charge is -2.33. The summed E-state index contributed by atoms with van der Waals surface area (Å²) in [6, 6.07) is 9.67. The summed E-state index contributed by atoms with van der Waals surface area (Å²) >= 11 is 0. The maximum absolute atomic E-state index is 12.7. The molecule has 2 fully saturated rings. The van der Waals surface area contributed by atoms with Crippen LogP contribution in [-0.2, 0) is 25.7 Å². The predicted octanol–water partition coefficient (Wildman–Crippen LogP) is 4.27. The lowest BCUT2D eigenvalue weighted by atomic mass is 9.72. The normalized spacial score (nSPS) is 24.8. The number of rotatable bonds is 5. The van der Waals surface area contributed by atoms with E-state index in [1.54, 1.807) is 0 Å². The Balaban J connectivity index is 1.69. The molecule has 1 aromatic rings. The minimum absolute atomic E-state index is 0.131. The van der Waals surface area contributed by atoms with Gasteiger partial charge in [-0.15, -0.1) is 0 Å². The summed E-state index contributed by atoms with van der Waals surface area (Å²) in [5.41, 5.74) is 1.10. The van der Waals surface area contributed by atoms with Gasteiger partial charge in [-0.05, 0) is 43.6 Å². The van der Waals surface area contributed by atoms with E-state index in [0.29, 0.717) is 6.61 Å². The Morgan fingerprint density at radius 3 is 2.16 bits per heavy atom. The molecule has 4 heteroatoms. The summed E-state index contributed by atoms with van der Waals surface area (Å²) < 4.78 is 10.8. The molecule has 1 aromatic carbocycles. The van der Waals surface area contributed by atoms with Crippen molar-refractivity contribution < 1.29 is 19.1 Å². The maximum atomic E-state index is 12.7. The Morgan fingerprint density at radius 1 is 0.960 bits per heavy atom. The van der Waals surface area contributed by atoms with Crippen molar-refractivity contribution in [2.45, 2.75) is 58.5 Å². The third-order valence-corrected chi connectivity index (χ3v) is 5.82. The number of carbonyl (C=O) groups excluding carboxylic acids is 2. The zero-order chi connectivity index (χ0) is 17.7. The van der Waals surface area contributed by atoms with E-state index in [1.165, 1.54) is 19.3 Å². The van der Waals surface area contributed by atoms with Crippen LogP contribution in [0.3, 0.4) is 0 Å². The Kier molecular flexibility index (Phi) is 5.77. The first-order valence-corrected chi connectivity index (χ1v) is 9.51. The highest BCUT2D eigenvalue weighted by atomic mass is 16.5. The number of hydrogen-bond donors (Lipinski definition) is 0. The number of ether oxygens (including phenoxy) is 2. The monoisotopic (exact) mass is 344 g/mol. The number of esters is 2. The van der Waals surface area contributed by atoms with Crippen LogP contribution in [-0.4, -0.2) is 18.5 Å². The Labute approximate surface area is 149 Å². The molecule has 2 unspecified atom stereocenters. The average molecular weight is 344 g/mol. The van der Waals surface area contributed by atoms with Crippen LogP contribution in [0, 0.1) is 17.3 Å². The van der Waals surface area contributed by atoms with Gasteiger partial charge in [-0.2, -0.15) is 0 Å². The van der Waals surface area contributed by atoms with Gasteiger partial charge in [-0.1, -0.05) is 49.6 Å². The van der Waals surface area contributed by atoms with E-state index in [9.17, 15) is 9.59 Å². The zero-order valence-electron chi connectivity index (χ0n) is 15.0. The largest absolute Gasteiger partial charge is 0.466 e. The van der Waals surface area contributed by atoms with Crippen molar-refractivity contribution in [2.75, 3.05) is 6.61 Å². The van der Waals surface area contributed by atoms with E-state index >= 15 is 0 Å². The Bertz CT molecular complexity index is 589. The highest BCUT2D eigenvalue weighted by molar-refractivity contribution is 5.83. The van der Waals surface area contributed by atoms with Gasteiger partial charge in [0.1, 0.15) is 6.61 Å². The SMILES string of the molecule is CCOC(=O)C1CC2(CCCCC2)CC1C(=O)OCc1ccccc1. The molecule has 0 amide bonds. The molecule has 25 heavy (non-hydrogen) atoms. The molecule has 2 atom stereocenters. The first-order valence-electron chi connectivity index (χ1n) is 9.51. The molecule has 0 bridgehead atoms. The van der Waals surface area contributed by atoms with Crippen LogP contribution >= 0.6 is 0 Å². The van der Waals surface area contributed by atoms with E-state index < -0.39 is 0 Å². The summed E-state index contributed by atoms with van der Waals surface area (Å²) in [7, 11) is 0. The summed E-state index contributed by atoms with van der Waals surface area (Å²) in [5.74, 6) is -1.18. The molecule has 4 nitrogen and oxygen atoms in total. The van der Waals surface area contributed by atoms with Crippen LogP contribution in [0.4, 0.5) is 0 Å². The molecule has 2 saturated carbocycles. The molecule has 0 aromatic heterocycles. The molecule has 2 aliphatic rings. The lowest BCUT2D eigenvalue weighted by molar-refractivity contribution is -0.159. The molecule has 0 aliphatic heterocycles. The van der Waals surface area contributed by atoms with Gasteiger partial charge in [0.05, 0.1) is 18.4 Å². The molecule has 2 aliphatic carbocycles. The van der Waals surface area contributed by atoms with Crippen LogP contribution in [0.1, 0.15) is 57.4 Å². The van der Waals surface area contributed by atoms with Gasteiger partial charge in [-0.25, -0.2) is 0 Å². The molecule has 3 rings (SSSR count). The third kappa shape index (κ3) is 4.23. The van der Waals surface area contributed by atoms with Crippen molar-refractivity contribution >= 4 is 11.9 Å². The summed E-state index contributed by atoms with van der Waals surface area (Å²) in [6.07, 6.45) is 7.43. The molecule has 0 radical (unpaired) electrons. The van der Waals surface area contributed by atoms with Gasteiger partial charge in [-0.3, -0.25) is 9.59 Å². The smallest absolute Gasteiger partial charge is 0.310 e. The van der Waals surface area contributed by atoms with Crippen LogP contribution in [0.15, 0.2) is 30.3 Å². The van der Waals surface area contributed by atoms with Crippen molar-refractivity contribution in [2.24, 2.45) is 17.3 Å². The summed E-state index contributed by atoms with van der Waals surface area (Å²) in [5, 5.41) is 0. The number of carbonyl (C=O) groups is 2. The minimum atomic E-state index is -0.360. The first kappa shape index (κ1) is 18.0. The summed E-state index contributed by atoms with van der Waals surface area (Å²) in [6.45, 7) is 2.43. The zero-order valence-corrected chi connectivity index (χ0v) is 15.0. The minimum Gasteiger partial charge on any atom is -0.466 e. The highest BCUT2D eigenvalue weighted by Crippen LogP contribution is 2.54. The van der Waals surface area contributed by atoms with Crippen LogP contribution in [0.25, 0.3) is 0 Å². The Morgan fingerprint density at radius 2 is 1.56 bits per heavy atom. The van der Waals surface area contributed by atoms with Crippen LogP contribution in [0.5, 0.6) is 0 Å². The van der Waals surface area contributed by atoms with E-state index in [-0.39, 0.29) is 35.8 Å². The number of benzene rings is 1. The van der Waals surface area contributed by atoms with E-state index in [1.807, 2.05) is 37.3 Å². The van der Waals surface area contributed by atoms with Gasteiger partial charge in [0.2, 0.25) is 0 Å². The summed E-state index contributed by atoms with van der Waals surface area (Å²) in [4.78, 5) is 25.2. The average Bonchev–Trinajstić information content (AvgIpc) is 3.00. The second kappa shape index (κ2) is 8.03. The molecule has 0 saturated heterocycles. The fraction of sp³-hybridized carbons (Fsp3) is 0.619. The van der Waals surface area contributed by atoms with Gasteiger partial charge in [0.15, 0.2) is 0 Å². The van der Waals surface area contributed by atoms with Crippen molar-refractivity contribution in [3.05, 3.63) is 35.9 Å². The fourth-order valence-corrected chi connectivity index (χ4v) is 4.59. The maximum Gasteiger partial charge on any atom is 0.310 e. The van der Waals surface area contributed by atoms with E-state index in [2.05, 4.69) is 0 Å². The fourth-order valence-electron chi connectivity index (χ4n) is 4.59. The Hall–Kier alpha value is -1.84. The standard InChI is InChI=1S/C21H28O4/c1-2-24-19(22)17-13-21(11-7-4-8-12-21)14-18(17)20(23)25-15-16-9-5-3-6-10-16/h3,5-6,9-10,17-18H,2,4,7-8,11-15H2,1H3. The van der Waals surface area contributed by atoms with Crippen molar-refractivity contribution in [3.63, 3.8) is 0 Å². The molecular weight excluding hydrogens is 316 g/mol. The van der Waals surface area contributed by atoms with Gasteiger partial charge < -0.3 is 9.47 Å². The van der Waals surface area contributed by atoms with Gasteiger partial charge in [0, 0.05) is 0 Å². The van der Waals surface area contributed by atoms with Gasteiger partial charge in [0.25, 0.3) is 0 Å². The van der Waals surface area contributed by atoms with Crippen LogP contribution in [0.2, 0.25) is 0 Å². The van der Waals surface area contributed by atoms with Gasteiger partial charge >= 0.3 is 11.9 Å². The molecule has 0 N–H and O–H groups in total. The second-order valence-corrected chi connectivity index (χ2v) is 7.53. The van der Waals surface area contributed by atoms with E-state index in [4.69, 9.17) is 9.47 Å². The van der Waals surface area contributed by atoms with E-state index in [0.717, 1.165) is 31.2 Å². The first-order chi connectivity index (χ1) is 12.1. The van der Waals surface area contributed by atoms with Crippen molar-refractivity contribution in [1.82, 2.24) is 0 Å². The highest BCUT2D eigenvalue weighted by Gasteiger charge is 2.52. The molecule has 1 spiro atoms. The predicted molar refractivity (Wildman–Crippen MR) is 94.6 cm³/mol. The molecule has 136 valence electrons. The quantitative estimate of drug-likeness (QED) is 0.749. The third-order valence-electron chi connectivity index (χ3n) is 5.82. The second-order valence-electron chi connectivity index (χ2n) is 7.53. The molecular formula is C21H28O4. The topological polar surface area (TPSA) is 52.6 Å². The van der Waals surface area contributed by atoms with Crippen LogP contribution < -0.4 is 0 Å². The van der Waals surface area contributed by atoms with Crippen molar-refractivity contribution in [1.29, 1.82) is 0 Å². The molecule has 0 heterocycles. The lowest BCUT2D eigenvalue weighted by Crippen LogP contribution is -2.28. The number of hydrogen-bond acceptors (Lipinski definition) is 4. The van der Waals surface area contributed by atoms with Crippen molar-refractivity contribution in [3.8, 4) is 0 Å².